The number of ether oxygens (including phenoxy) is 2. The number of amides is 1. The third-order valence-electron chi connectivity index (χ3n) is 6.81. The number of hydrogen-bond donors (Lipinski definition) is 9. The molecule has 250 valence electrons. The Morgan fingerprint density at radius 2 is 1.68 bits per heavy atom. The van der Waals surface area contributed by atoms with Crippen LogP contribution in [-0.4, -0.2) is 120 Å². The first-order valence-electron chi connectivity index (χ1n) is 13.2. The molecule has 0 radical (unpaired) electrons. The summed E-state index contributed by atoms with van der Waals surface area (Å²) >= 11 is 0. The van der Waals surface area contributed by atoms with Crippen LogP contribution in [0.1, 0.15) is 19.8 Å². The SMILES string of the molecule is C=CN(/C=C(\CC)C(N)=O)C1O[C@H](COP(=O)(O)OP(=O)(O)OCC2OC(N3C=CCC(C(N)O)=C3)[C@H](O)[C@@H]2O)[C@@H](O)[C@H]1O. The van der Waals surface area contributed by atoms with E-state index >= 15 is 0 Å². The number of rotatable bonds is 15. The van der Waals surface area contributed by atoms with Gasteiger partial charge in [-0.2, -0.15) is 4.31 Å². The minimum absolute atomic E-state index is 0.142. The highest BCUT2D eigenvalue weighted by molar-refractivity contribution is 7.61. The maximum atomic E-state index is 12.4. The number of aliphatic hydroxyl groups excluding tert-OH is 5. The van der Waals surface area contributed by atoms with Crippen LogP contribution >= 0.6 is 15.6 Å². The summed E-state index contributed by atoms with van der Waals surface area (Å²) in [6.07, 6.45) is -5.65. The summed E-state index contributed by atoms with van der Waals surface area (Å²) in [7, 11) is -10.7. The van der Waals surface area contributed by atoms with Crippen LogP contribution in [0.3, 0.4) is 0 Å². The zero-order chi connectivity index (χ0) is 33.0. The molecule has 0 bridgehead atoms. The molecular formula is C23H38N4O15P2. The van der Waals surface area contributed by atoms with Crippen molar-refractivity contribution in [1.29, 1.82) is 0 Å². The second-order valence-electron chi connectivity index (χ2n) is 9.89. The number of carbonyl (C=O) groups is 1. The number of aliphatic hydroxyl groups is 5. The Kier molecular flexibility index (Phi) is 12.5. The third kappa shape index (κ3) is 9.03. The van der Waals surface area contributed by atoms with Gasteiger partial charge in [0.2, 0.25) is 5.91 Å². The van der Waals surface area contributed by atoms with E-state index in [1.165, 1.54) is 29.7 Å². The molecule has 1 amide bonds. The zero-order valence-electron chi connectivity index (χ0n) is 23.5. The molecule has 0 aromatic rings. The van der Waals surface area contributed by atoms with Crippen molar-refractivity contribution in [2.45, 2.75) is 75.1 Å². The zero-order valence-corrected chi connectivity index (χ0v) is 25.2. The Morgan fingerprint density at radius 3 is 2.20 bits per heavy atom. The van der Waals surface area contributed by atoms with E-state index in [0.717, 1.165) is 4.90 Å². The average Bonchev–Trinajstić information content (AvgIpc) is 3.40. The van der Waals surface area contributed by atoms with Crippen molar-refractivity contribution < 1.29 is 72.1 Å². The van der Waals surface area contributed by atoms with Gasteiger partial charge in [0.15, 0.2) is 12.5 Å². The molecule has 6 unspecified atom stereocenters. The number of phosphoric ester groups is 2. The fourth-order valence-corrected chi connectivity index (χ4v) is 6.52. The molecule has 11 atom stereocenters. The van der Waals surface area contributed by atoms with Crippen LogP contribution in [0.15, 0.2) is 48.6 Å². The van der Waals surface area contributed by atoms with Gasteiger partial charge >= 0.3 is 15.6 Å². The Balaban J connectivity index is 1.55. The minimum atomic E-state index is -5.37. The molecular weight excluding hydrogens is 634 g/mol. The number of allylic oxidation sites excluding steroid dienone is 1. The quantitative estimate of drug-likeness (QED) is 0.0503. The van der Waals surface area contributed by atoms with Crippen molar-refractivity contribution in [3.63, 3.8) is 0 Å². The van der Waals surface area contributed by atoms with Crippen molar-refractivity contribution in [1.82, 2.24) is 9.80 Å². The van der Waals surface area contributed by atoms with Crippen LogP contribution in [0, 0.1) is 0 Å². The molecule has 0 aromatic heterocycles. The van der Waals surface area contributed by atoms with Gasteiger partial charge < -0.3 is 66.1 Å². The highest BCUT2D eigenvalue weighted by Gasteiger charge is 2.48. The molecule has 3 aliphatic rings. The summed E-state index contributed by atoms with van der Waals surface area (Å²) < 4.78 is 49.4. The lowest BCUT2D eigenvalue weighted by molar-refractivity contribution is -0.114. The molecule has 0 spiro atoms. The number of nitrogens with two attached hydrogens (primary N) is 2. The molecule has 44 heavy (non-hydrogen) atoms. The maximum Gasteiger partial charge on any atom is 0.481 e. The van der Waals surface area contributed by atoms with Crippen LogP contribution in [0.4, 0.5) is 0 Å². The molecule has 21 heteroatoms. The van der Waals surface area contributed by atoms with Gasteiger partial charge in [-0.25, -0.2) is 9.13 Å². The van der Waals surface area contributed by atoms with Crippen molar-refractivity contribution in [3.8, 4) is 0 Å². The van der Waals surface area contributed by atoms with E-state index in [9.17, 15) is 49.2 Å². The maximum absolute atomic E-state index is 12.4. The molecule has 3 heterocycles. The molecule has 3 rings (SSSR count). The fraction of sp³-hybridized carbons (Fsp3) is 0.609. The van der Waals surface area contributed by atoms with Crippen LogP contribution in [0.5, 0.6) is 0 Å². The largest absolute Gasteiger partial charge is 0.481 e. The van der Waals surface area contributed by atoms with Gasteiger partial charge in [-0.1, -0.05) is 19.6 Å². The van der Waals surface area contributed by atoms with Crippen molar-refractivity contribution in [2.24, 2.45) is 11.5 Å². The monoisotopic (exact) mass is 672 g/mol. The van der Waals surface area contributed by atoms with Gasteiger partial charge in [0.1, 0.15) is 42.9 Å². The Labute approximate surface area is 252 Å². The summed E-state index contributed by atoms with van der Waals surface area (Å²) in [5, 5.41) is 51.1. The highest BCUT2D eigenvalue weighted by Crippen LogP contribution is 2.60. The van der Waals surface area contributed by atoms with Crippen molar-refractivity contribution in [2.75, 3.05) is 13.2 Å². The van der Waals surface area contributed by atoms with E-state index in [-0.39, 0.29) is 12.0 Å². The van der Waals surface area contributed by atoms with E-state index in [1.807, 2.05) is 0 Å². The summed E-state index contributed by atoms with van der Waals surface area (Å²) in [4.78, 5) is 34.0. The topological polar surface area (TPSA) is 297 Å². The minimum Gasteiger partial charge on any atom is -0.387 e. The molecule has 11 N–H and O–H groups in total. The van der Waals surface area contributed by atoms with Crippen molar-refractivity contribution >= 4 is 21.6 Å². The normalized spacial score (nSPS) is 34.2. The number of nitrogens with zero attached hydrogens (tertiary/aromatic N) is 2. The molecule has 0 saturated carbocycles. The second-order valence-corrected chi connectivity index (χ2v) is 12.9. The lowest BCUT2D eigenvalue weighted by atomic mass is 10.1. The van der Waals surface area contributed by atoms with Crippen molar-refractivity contribution in [3.05, 3.63) is 48.6 Å². The van der Waals surface area contributed by atoms with E-state index in [4.69, 9.17) is 20.9 Å². The summed E-state index contributed by atoms with van der Waals surface area (Å²) in [6, 6.07) is 0. The van der Waals surface area contributed by atoms with Gasteiger partial charge in [-0.3, -0.25) is 13.8 Å². The van der Waals surface area contributed by atoms with Crippen LogP contribution in [0.25, 0.3) is 0 Å². The number of carbonyl (C=O) groups excluding carboxylic acids is 1. The second kappa shape index (κ2) is 15.0. The Bertz CT molecular complexity index is 1230. The number of phosphoric acid groups is 2. The van der Waals surface area contributed by atoms with Gasteiger partial charge in [0.05, 0.1) is 13.2 Å². The number of hydrogen-bond acceptors (Lipinski definition) is 16. The van der Waals surface area contributed by atoms with E-state index in [2.05, 4.69) is 19.9 Å². The predicted octanol–water partition coefficient (Wildman–Crippen LogP) is -2.26. The van der Waals surface area contributed by atoms with Gasteiger partial charge in [0.25, 0.3) is 0 Å². The Morgan fingerprint density at radius 1 is 1.11 bits per heavy atom. The van der Waals surface area contributed by atoms with E-state index in [0.29, 0.717) is 12.0 Å². The van der Waals surface area contributed by atoms with E-state index in [1.54, 1.807) is 13.0 Å². The fourth-order valence-electron chi connectivity index (χ4n) is 4.43. The third-order valence-corrected chi connectivity index (χ3v) is 9.41. The molecule has 0 aromatic carbocycles. The first kappa shape index (κ1) is 36.4. The van der Waals surface area contributed by atoms with Crippen LogP contribution in [-0.2, 0) is 36.8 Å². The molecule has 2 fully saturated rings. The highest BCUT2D eigenvalue weighted by atomic mass is 31.3. The molecule has 2 saturated heterocycles. The summed E-state index contributed by atoms with van der Waals surface area (Å²) in [6.45, 7) is 3.39. The lowest BCUT2D eigenvalue weighted by Gasteiger charge is -2.29. The standard InChI is InChI=1S/C23H38N4O15P2/c1-3-12(20(24)32)8-26(4-2)22-18(30)16(28)14(40-22)10-38-43(34,35)42-44(36,37)39-11-15-17(29)19(31)23(41-15)27-7-5-6-13(9-27)21(25)33/h4-5,7-9,14-19,21-23,28-31,33H,2-3,6,10-11,25H2,1H3,(H2,24,32)(H,34,35)(H,36,37)/b12-8+/t14-,15?,16-,17-,18-,19-,21?,22?,23?/m1/s1. The van der Waals surface area contributed by atoms with E-state index < -0.39 is 90.1 Å². The molecule has 3 aliphatic heterocycles. The summed E-state index contributed by atoms with van der Waals surface area (Å²) in [5.41, 5.74) is 11.3. The van der Waals surface area contributed by atoms with Crippen LogP contribution in [0.2, 0.25) is 0 Å². The number of primary amides is 1. The van der Waals surface area contributed by atoms with Gasteiger partial charge in [0, 0.05) is 24.2 Å². The smallest absolute Gasteiger partial charge is 0.387 e. The first-order chi connectivity index (χ1) is 20.5. The molecule has 19 nitrogen and oxygen atoms in total. The first-order valence-corrected chi connectivity index (χ1v) is 16.2. The Hall–Kier alpha value is -2.03. The molecule has 0 aliphatic carbocycles. The lowest BCUT2D eigenvalue weighted by Crippen LogP contribution is -2.40. The van der Waals surface area contributed by atoms with Gasteiger partial charge in [-0.15, -0.1) is 0 Å². The predicted molar refractivity (Wildman–Crippen MR) is 147 cm³/mol. The van der Waals surface area contributed by atoms with Gasteiger partial charge in [-0.05, 0) is 24.6 Å². The summed E-state index contributed by atoms with van der Waals surface area (Å²) in [5.74, 6) is -0.746. The van der Waals surface area contributed by atoms with Crippen LogP contribution < -0.4 is 11.5 Å². The average molecular weight is 673 g/mol.